The summed E-state index contributed by atoms with van der Waals surface area (Å²) < 4.78 is 25.9. The van der Waals surface area contributed by atoms with Crippen LogP contribution in [0.4, 0.5) is 10.1 Å². The Morgan fingerprint density at radius 3 is 2.58 bits per heavy atom. The van der Waals surface area contributed by atoms with Crippen LogP contribution >= 0.6 is 0 Å². The van der Waals surface area contributed by atoms with Gasteiger partial charge in [0, 0.05) is 11.6 Å². The molecule has 0 aliphatic heterocycles. The Labute approximate surface area is 175 Å². The van der Waals surface area contributed by atoms with Crippen LogP contribution in [0.25, 0.3) is 16.8 Å². The molecule has 158 valence electrons. The van der Waals surface area contributed by atoms with Crippen molar-refractivity contribution in [2.75, 3.05) is 19.5 Å². The highest BCUT2D eigenvalue weighted by Crippen LogP contribution is 2.28. The van der Waals surface area contributed by atoms with Crippen molar-refractivity contribution in [2.24, 2.45) is 0 Å². The number of amides is 1. The van der Waals surface area contributed by atoms with Gasteiger partial charge in [-0.25, -0.2) is 13.6 Å². The summed E-state index contributed by atoms with van der Waals surface area (Å²) in [5.41, 5.74) is 1.29. The van der Waals surface area contributed by atoms with E-state index >= 15 is 0 Å². The highest BCUT2D eigenvalue weighted by atomic mass is 19.1. The number of fused-ring (bicyclic) bond motifs is 1. The quantitative estimate of drug-likeness (QED) is 0.511. The minimum Gasteiger partial charge on any atom is -0.497 e. The molecule has 2 aromatic heterocycles. The van der Waals surface area contributed by atoms with Gasteiger partial charge in [0.05, 0.1) is 25.6 Å². The normalized spacial score (nSPS) is 10.8. The predicted molar refractivity (Wildman–Crippen MR) is 111 cm³/mol. The second-order valence-electron chi connectivity index (χ2n) is 6.57. The van der Waals surface area contributed by atoms with Crippen LogP contribution in [0, 0.1) is 5.82 Å². The van der Waals surface area contributed by atoms with Gasteiger partial charge in [0.25, 0.3) is 5.56 Å². The maximum atomic E-state index is 13.2. The first kappa shape index (κ1) is 20.1. The van der Waals surface area contributed by atoms with Crippen LogP contribution in [-0.4, -0.2) is 39.5 Å². The number of hydrogen-bond donors (Lipinski definition) is 1. The Hall–Kier alpha value is -4.21. The van der Waals surface area contributed by atoms with Crippen molar-refractivity contribution >= 4 is 17.1 Å². The Bertz CT molecular complexity index is 1310. The molecular formula is C21H18FN5O4. The number of hydrogen-bond acceptors (Lipinski definition) is 6. The van der Waals surface area contributed by atoms with E-state index in [1.807, 2.05) is 0 Å². The lowest BCUT2D eigenvalue weighted by atomic mass is 10.1. The van der Waals surface area contributed by atoms with Gasteiger partial charge in [-0.1, -0.05) is 0 Å². The number of benzene rings is 2. The molecule has 4 aromatic rings. The molecule has 0 atom stereocenters. The summed E-state index contributed by atoms with van der Waals surface area (Å²) in [5, 5.41) is 11.0. The number of aromatic nitrogens is 4. The SMILES string of the molecule is COc1ccc(OC)c(NC(=O)Cn2ncn3nc(-c4ccc(F)cc4)cc3c2=O)c1. The highest BCUT2D eigenvalue weighted by molar-refractivity contribution is 5.92. The first-order valence-electron chi connectivity index (χ1n) is 9.22. The highest BCUT2D eigenvalue weighted by Gasteiger charge is 2.14. The molecule has 0 fully saturated rings. The molecule has 0 bridgehead atoms. The summed E-state index contributed by atoms with van der Waals surface area (Å²) in [7, 11) is 2.99. The smallest absolute Gasteiger partial charge is 0.293 e. The zero-order chi connectivity index (χ0) is 22.0. The molecule has 4 rings (SSSR count). The standard InChI is InChI=1S/C21H18FN5O4/c1-30-15-7-8-19(31-2)17(9-15)24-20(28)11-26-21(29)18-10-16(25-27(18)12-23-26)13-3-5-14(22)6-4-13/h3-10,12H,11H2,1-2H3,(H,24,28). The fourth-order valence-electron chi connectivity index (χ4n) is 3.05. The Balaban J connectivity index is 1.59. The molecule has 0 spiro atoms. The van der Waals surface area contributed by atoms with Crippen molar-refractivity contribution in [1.82, 2.24) is 19.4 Å². The van der Waals surface area contributed by atoms with Crippen molar-refractivity contribution in [3.8, 4) is 22.8 Å². The topological polar surface area (TPSA) is 99.8 Å². The second kappa shape index (κ2) is 8.27. The average molecular weight is 423 g/mol. The van der Waals surface area contributed by atoms with Gasteiger partial charge in [-0.05, 0) is 42.5 Å². The predicted octanol–water partition coefficient (Wildman–Crippen LogP) is 2.35. The minimum atomic E-state index is -0.490. The summed E-state index contributed by atoms with van der Waals surface area (Å²) >= 11 is 0. The summed E-state index contributed by atoms with van der Waals surface area (Å²) in [6, 6.07) is 12.3. The van der Waals surface area contributed by atoms with Crippen molar-refractivity contribution in [1.29, 1.82) is 0 Å². The van der Waals surface area contributed by atoms with Crippen molar-refractivity contribution in [3.63, 3.8) is 0 Å². The molecule has 0 saturated heterocycles. The number of rotatable bonds is 6. The summed E-state index contributed by atoms with van der Waals surface area (Å²) in [6.45, 7) is -0.313. The van der Waals surface area contributed by atoms with Crippen molar-refractivity contribution < 1.29 is 18.7 Å². The van der Waals surface area contributed by atoms with Gasteiger partial charge >= 0.3 is 0 Å². The second-order valence-corrected chi connectivity index (χ2v) is 6.57. The number of carbonyl (C=O) groups is 1. The van der Waals surface area contributed by atoms with Crippen LogP contribution in [0.1, 0.15) is 0 Å². The Morgan fingerprint density at radius 2 is 1.87 bits per heavy atom. The van der Waals surface area contributed by atoms with Gasteiger partial charge in [0.1, 0.15) is 35.7 Å². The average Bonchev–Trinajstić information content (AvgIpc) is 3.21. The molecule has 2 heterocycles. The van der Waals surface area contributed by atoms with Gasteiger partial charge in [0.2, 0.25) is 5.91 Å². The number of nitrogens with one attached hydrogen (secondary N) is 1. The molecule has 0 saturated carbocycles. The number of carbonyl (C=O) groups excluding carboxylic acids is 1. The van der Waals surface area contributed by atoms with E-state index in [4.69, 9.17) is 9.47 Å². The molecule has 0 aliphatic carbocycles. The number of nitrogens with zero attached hydrogens (tertiary/aromatic N) is 4. The summed E-state index contributed by atoms with van der Waals surface area (Å²) in [4.78, 5) is 25.3. The summed E-state index contributed by atoms with van der Waals surface area (Å²) in [6.07, 6.45) is 1.34. The van der Waals surface area contributed by atoms with Crippen LogP contribution in [0.15, 0.2) is 59.7 Å². The molecule has 0 radical (unpaired) electrons. The van der Waals surface area contributed by atoms with E-state index in [1.54, 1.807) is 36.4 Å². The van der Waals surface area contributed by atoms with Gasteiger partial charge in [-0.15, -0.1) is 0 Å². The zero-order valence-corrected chi connectivity index (χ0v) is 16.7. The number of anilines is 1. The van der Waals surface area contributed by atoms with E-state index in [9.17, 15) is 14.0 Å². The van der Waals surface area contributed by atoms with Gasteiger partial charge in [0.15, 0.2) is 0 Å². The van der Waals surface area contributed by atoms with Crippen LogP contribution < -0.4 is 20.3 Å². The molecule has 2 aromatic carbocycles. The fraction of sp³-hybridized carbons (Fsp3) is 0.143. The van der Waals surface area contributed by atoms with Crippen LogP contribution in [0.2, 0.25) is 0 Å². The molecule has 0 unspecified atom stereocenters. The molecule has 1 N–H and O–H groups in total. The van der Waals surface area contributed by atoms with Crippen LogP contribution in [-0.2, 0) is 11.3 Å². The van der Waals surface area contributed by atoms with E-state index in [0.717, 1.165) is 4.68 Å². The maximum absolute atomic E-state index is 13.2. The lowest BCUT2D eigenvalue weighted by Crippen LogP contribution is -2.30. The molecule has 0 aliphatic rings. The fourth-order valence-corrected chi connectivity index (χ4v) is 3.05. The van der Waals surface area contributed by atoms with Crippen LogP contribution in [0.3, 0.4) is 0 Å². The Morgan fingerprint density at radius 1 is 1.10 bits per heavy atom. The lowest BCUT2D eigenvalue weighted by molar-refractivity contribution is -0.117. The monoisotopic (exact) mass is 423 g/mol. The van der Waals surface area contributed by atoms with E-state index in [-0.39, 0.29) is 17.9 Å². The summed E-state index contributed by atoms with van der Waals surface area (Å²) in [5.74, 6) is 0.157. The first-order chi connectivity index (χ1) is 15.0. The first-order valence-corrected chi connectivity index (χ1v) is 9.22. The van der Waals surface area contributed by atoms with E-state index < -0.39 is 11.5 Å². The van der Waals surface area contributed by atoms with Gasteiger partial charge in [-0.3, -0.25) is 9.59 Å². The third kappa shape index (κ3) is 4.08. The number of halogens is 1. The number of methoxy groups -OCH3 is 2. The molecular weight excluding hydrogens is 405 g/mol. The van der Waals surface area contributed by atoms with Gasteiger partial charge in [-0.2, -0.15) is 10.2 Å². The lowest BCUT2D eigenvalue weighted by Gasteiger charge is -2.12. The van der Waals surface area contributed by atoms with Gasteiger partial charge < -0.3 is 14.8 Å². The third-order valence-corrected chi connectivity index (χ3v) is 4.60. The van der Waals surface area contributed by atoms with Crippen LogP contribution in [0.5, 0.6) is 11.5 Å². The van der Waals surface area contributed by atoms with E-state index in [2.05, 4.69) is 15.5 Å². The minimum absolute atomic E-state index is 0.237. The molecule has 9 nitrogen and oxygen atoms in total. The van der Waals surface area contributed by atoms with E-state index in [0.29, 0.717) is 28.4 Å². The van der Waals surface area contributed by atoms with Crippen molar-refractivity contribution in [2.45, 2.75) is 6.54 Å². The molecule has 1 amide bonds. The zero-order valence-electron chi connectivity index (χ0n) is 16.7. The molecule has 31 heavy (non-hydrogen) atoms. The maximum Gasteiger partial charge on any atom is 0.293 e. The largest absolute Gasteiger partial charge is 0.497 e. The van der Waals surface area contributed by atoms with E-state index in [1.165, 1.54) is 37.2 Å². The number of ether oxygens (including phenoxy) is 2. The third-order valence-electron chi connectivity index (χ3n) is 4.60. The Kier molecular flexibility index (Phi) is 5.35. The van der Waals surface area contributed by atoms with Crippen molar-refractivity contribution in [3.05, 3.63) is 71.0 Å². The molecule has 10 heteroatoms.